The van der Waals surface area contributed by atoms with Gasteiger partial charge in [-0.1, -0.05) is 12.2 Å². The Morgan fingerprint density at radius 3 is 2.70 bits per heavy atom. The lowest BCUT2D eigenvalue weighted by molar-refractivity contribution is -0.142. The van der Waals surface area contributed by atoms with Crippen molar-refractivity contribution in [2.75, 3.05) is 0 Å². The Labute approximate surface area is 113 Å². The van der Waals surface area contributed by atoms with E-state index in [9.17, 15) is 18.7 Å². The fourth-order valence-electron chi connectivity index (χ4n) is 2.59. The predicted molar refractivity (Wildman–Crippen MR) is 68.3 cm³/mol. The summed E-state index contributed by atoms with van der Waals surface area (Å²) in [4.78, 5) is 18.4. The van der Waals surface area contributed by atoms with Gasteiger partial charge in [0.25, 0.3) is 0 Å². The van der Waals surface area contributed by atoms with Gasteiger partial charge in [-0.15, -0.1) is 0 Å². The standard InChI is InChI=1S/C14H12F2N2O2/c15-9-5-11-12(6-10(9)16)18-13(17-11)7-3-1-2-4-8(7)14(19)20/h1-2,5-8H,3-4H2,(H,17,18)(H,19,20). The summed E-state index contributed by atoms with van der Waals surface area (Å²) < 4.78 is 26.3. The molecule has 0 saturated heterocycles. The van der Waals surface area contributed by atoms with Gasteiger partial charge < -0.3 is 10.1 Å². The van der Waals surface area contributed by atoms with Gasteiger partial charge in [-0.2, -0.15) is 0 Å². The number of carboxylic acids is 1. The third-order valence-electron chi connectivity index (χ3n) is 3.64. The maximum Gasteiger partial charge on any atom is 0.307 e. The number of aromatic nitrogens is 2. The minimum absolute atomic E-state index is 0.303. The molecule has 4 nitrogen and oxygen atoms in total. The number of carboxylic acid groups (broad SMARTS) is 1. The van der Waals surface area contributed by atoms with E-state index in [4.69, 9.17) is 0 Å². The first kappa shape index (κ1) is 12.8. The van der Waals surface area contributed by atoms with Gasteiger partial charge in [-0.25, -0.2) is 13.8 Å². The summed E-state index contributed by atoms with van der Waals surface area (Å²) in [5.74, 6) is -3.23. The van der Waals surface area contributed by atoms with Gasteiger partial charge in [0.15, 0.2) is 11.6 Å². The molecule has 0 amide bonds. The topological polar surface area (TPSA) is 66.0 Å². The van der Waals surface area contributed by atoms with Crippen molar-refractivity contribution in [1.82, 2.24) is 9.97 Å². The lowest BCUT2D eigenvalue weighted by Crippen LogP contribution is -2.24. The number of benzene rings is 1. The Morgan fingerprint density at radius 2 is 1.95 bits per heavy atom. The molecule has 2 atom stereocenters. The number of fused-ring (bicyclic) bond motifs is 1. The van der Waals surface area contributed by atoms with Crippen LogP contribution in [0, 0.1) is 17.6 Å². The van der Waals surface area contributed by atoms with E-state index >= 15 is 0 Å². The van der Waals surface area contributed by atoms with Crippen LogP contribution in [0.1, 0.15) is 24.6 Å². The highest BCUT2D eigenvalue weighted by Crippen LogP contribution is 2.34. The summed E-state index contributed by atoms with van der Waals surface area (Å²) >= 11 is 0. The summed E-state index contributed by atoms with van der Waals surface area (Å²) in [6.07, 6.45) is 4.71. The minimum Gasteiger partial charge on any atom is -0.481 e. The van der Waals surface area contributed by atoms with Gasteiger partial charge >= 0.3 is 5.97 Å². The van der Waals surface area contributed by atoms with Gasteiger partial charge in [-0.3, -0.25) is 4.79 Å². The molecule has 2 unspecified atom stereocenters. The van der Waals surface area contributed by atoms with Crippen LogP contribution in [0.2, 0.25) is 0 Å². The van der Waals surface area contributed by atoms with Crippen LogP contribution in [-0.2, 0) is 4.79 Å². The van der Waals surface area contributed by atoms with Gasteiger partial charge in [0, 0.05) is 18.1 Å². The zero-order valence-corrected chi connectivity index (χ0v) is 10.4. The van der Waals surface area contributed by atoms with E-state index < -0.39 is 23.5 Å². The molecule has 1 aliphatic rings. The predicted octanol–water partition coefficient (Wildman–Crippen LogP) is 2.98. The number of carbonyl (C=O) groups is 1. The first-order valence-corrected chi connectivity index (χ1v) is 6.28. The van der Waals surface area contributed by atoms with Gasteiger partial charge in [-0.05, 0) is 12.8 Å². The lowest BCUT2D eigenvalue weighted by atomic mass is 9.82. The first-order chi connectivity index (χ1) is 9.56. The molecule has 0 saturated carbocycles. The summed E-state index contributed by atoms with van der Waals surface area (Å²) in [6, 6.07) is 2.05. The van der Waals surface area contributed by atoms with Crippen molar-refractivity contribution in [3.8, 4) is 0 Å². The number of nitrogens with zero attached hydrogens (tertiary/aromatic N) is 1. The Hall–Kier alpha value is -2.24. The maximum absolute atomic E-state index is 13.2. The highest BCUT2D eigenvalue weighted by atomic mass is 19.2. The molecular weight excluding hydrogens is 266 g/mol. The first-order valence-electron chi connectivity index (χ1n) is 6.28. The molecule has 1 aromatic heterocycles. The van der Waals surface area contributed by atoms with Gasteiger partial charge in [0.1, 0.15) is 5.82 Å². The second-order valence-corrected chi connectivity index (χ2v) is 4.90. The number of nitrogens with one attached hydrogen (secondary N) is 1. The monoisotopic (exact) mass is 278 g/mol. The van der Waals surface area contributed by atoms with Crippen molar-refractivity contribution >= 4 is 17.0 Å². The zero-order chi connectivity index (χ0) is 14.3. The number of hydrogen-bond acceptors (Lipinski definition) is 2. The van der Waals surface area contributed by atoms with Crippen LogP contribution in [-0.4, -0.2) is 21.0 Å². The average molecular weight is 278 g/mol. The Kier molecular flexibility index (Phi) is 3.00. The van der Waals surface area contributed by atoms with Crippen LogP contribution in [0.5, 0.6) is 0 Å². The Bertz CT molecular complexity index is 670. The molecule has 3 rings (SSSR count). The number of aliphatic carboxylic acids is 1. The summed E-state index contributed by atoms with van der Waals surface area (Å²) in [6.45, 7) is 0. The third kappa shape index (κ3) is 2.07. The maximum atomic E-state index is 13.2. The number of H-pyrrole nitrogens is 1. The van der Waals surface area contributed by atoms with E-state index in [0.717, 1.165) is 12.1 Å². The van der Waals surface area contributed by atoms with Crippen molar-refractivity contribution in [3.63, 3.8) is 0 Å². The molecule has 20 heavy (non-hydrogen) atoms. The van der Waals surface area contributed by atoms with E-state index in [2.05, 4.69) is 9.97 Å². The molecular formula is C14H12F2N2O2. The van der Waals surface area contributed by atoms with Crippen LogP contribution >= 0.6 is 0 Å². The van der Waals surface area contributed by atoms with Crippen molar-refractivity contribution < 1.29 is 18.7 Å². The highest BCUT2D eigenvalue weighted by Gasteiger charge is 2.32. The average Bonchev–Trinajstić information content (AvgIpc) is 2.82. The zero-order valence-electron chi connectivity index (χ0n) is 10.4. The number of imidazole rings is 1. The largest absolute Gasteiger partial charge is 0.481 e. The van der Waals surface area contributed by atoms with Crippen molar-refractivity contribution in [3.05, 3.63) is 41.7 Å². The van der Waals surface area contributed by atoms with E-state index in [1.165, 1.54) is 0 Å². The second kappa shape index (κ2) is 4.70. The van der Waals surface area contributed by atoms with E-state index in [1.807, 2.05) is 12.2 Å². The van der Waals surface area contributed by atoms with Crippen molar-refractivity contribution in [2.24, 2.45) is 5.92 Å². The Morgan fingerprint density at radius 1 is 1.25 bits per heavy atom. The fourth-order valence-corrected chi connectivity index (χ4v) is 2.59. The molecule has 0 bridgehead atoms. The quantitative estimate of drug-likeness (QED) is 0.830. The number of aromatic amines is 1. The number of hydrogen-bond donors (Lipinski definition) is 2. The van der Waals surface area contributed by atoms with Crippen LogP contribution in [0.4, 0.5) is 8.78 Å². The molecule has 1 aliphatic carbocycles. The molecule has 0 radical (unpaired) electrons. The summed E-state index contributed by atoms with van der Waals surface area (Å²) in [7, 11) is 0. The highest BCUT2D eigenvalue weighted by molar-refractivity contribution is 5.76. The van der Waals surface area contributed by atoms with E-state index in [-0.39, 0.29) is 5.92 Å². The van der Waals surface area contributed by atoms with Crippen LogP contribution in [0.15, 0.2) is 24.3 Å². The molecule has 0 aliphatic heterocycles. The van der Waals surface area contributed by atoms with Crippen LogP contribution < -0.4 is 0 Å². The fraction of sp³-hybridized carbons (Fsp3) is 0.286. The minimum atomic E-state index is -0.964. The van der Waals surface area contributed by atoms with E-state index in [1.54, 1.807) is 0 Å². The van der Waals surface area contributed by atoms with Crippen molar-refractivity contribution in [1.29, 1.82) is 0 Å². The van der Waals surface area contributed by atoms with Gasteiger partial charge in [0.05, 0.1) is 17.0 Å². The second-order valence-electron chi connectivity index (χ2n) is 4.90. The molecule has 6 heteroatoms. The number of halogens is 2. The molecule has 104 valence electrons. The SMILES string of the molecule is O=C(O)C1CC=CCC1c1nc2cc(F)c(F)cc2[nH]1. The molecule has 2 N–H and O–H groups in total. The third-order valence-corrected chi connectivity index (χ3v) is 3.64. The van der Waals surface area contributed by atoms with Gasteiger partial charge in [0.2, 0.25) is 0 Å². The van der Waals surface area contributed by atoms with E-state index in [0.29, 0.717) is 29.7 Å². The van der Waals surface area contributed by atoms with Crippen molar-refractivity contribution in [2.45, 2.75) is 18.8 Å². The Balaban J connectivity index is 2.05. The summed E-state index contributed by atoms with van der Waals surface area (Å²) in [5.41, 5.74) is 0.676. The molecule has 1 heterocycles. The smallest absolute Gasteiger partial charge is 0.307 e. The van der Waals surface area contributed by atoms with Crippen LogP contribution in [0.25, 0.3) is 11.0 Å². The molecule has 2 aromatic rings. The molecule has 0 spiro atoms. The summed E-state index contributed by atoms with van der Waals surface area (Å²) in [5, 5.41) is 9.24. The normalized spacial score (nSPS) is 22.3. The van der Waals surface area contributed by atoms with Crippen LogP contribution in [0.3, 0.4) is 0 Å². The number of allylic oxidation sites excluding steroid dienone is 2. The molecule has 1 aromatic carbocycles. The molecule has 0 fully saturated rings. The lowest BCUT2D eigenvalue weighted by Gasteiger charge is -2.23. The number of rotatable bonds is 2.